The van der Waals surface area contributed by atoms with Crippen molar-refractivity contribution in [3.8, 4) is 11.8 Å². The lowest BCUT2D eigenvalue weighted by Crippen LogP contribution is -2.30. The van der Waals surface area contributed by atoms with Gasteiger partial charge >= 0.3 is 0 Å². The molecule has 2 N–H and O–H groups in total. The predicted octanol–water partition coefficient (Wildman–Crippen LogP) is 1.16. The van der Waals surface area contributed by atoms with E-state index in [1.54, 1.807) is 11.9 Å². The minimum atomic E-state index is -0.446. The van der Waals surface area contributed by atoms with Crippen molar-refractivity contribution < 1.29 is 9.18 Å². The smallest absolute Gasteiger partial charge is 0.254 e. The van der Waals surface area contributed by atoms with Crippen LogP contribution in [-0.2, 0) is 0 Å². The van der Waals surface area contributed by atoms with Crippen LogP contribution in [0.3, 0.4) is 0 Å². The Morgan fingerprint density at radius 3 is 2.62 bits per heavy atom. The van der Waals surface area contributed by atoms with Gasteiger partial charge in [-0.2, -0.15) is 0 Å². The number of hydrogen-bond donors (Lipinski definition) is 1. The molecule has 0 aromatic heterocycles. The number of carbonyl (C=O) groups is 1. The van der Waals surface area contributed by atoms with Crippen molar-refractivity contribution in [3.63, 3.8) is 0 Å². The molecule has 0 spiro atoms. The molecule has 21 heavy (non-hydrogen) atoms. The zero-order chi connectivity index (χ0) is 15.8. The molecule has 4 nitrogen and oxygen atoms in total. The van der Waals surface area contributed by atoms with Crippen molar-refractivity contribution in [2.45, 2.75) is 6.42 Å². The van der Waals surface area contributed by atoms with E-state index >= 15 is 0 Å². The SMILES string of the molecule is CN(C)CCCN(C)C(=O)c1cc(F)ccc1C#CCN. The number of nitrogens with two attached hydrogens (primary N) is 1. The fraction of sp³-hybridized carbons (Fsp3) is 0.438. The molecule has 1 rings (SSSR count). The van der Waals surface area contributed by atoms with Gasteiger partial charge in [0.25, 0.3) is 5.91 Å². The Kier molecular flexibility index (Phi) is 6.86. The highest BCUT2D eigenvalue weighted by atomic mass is 19.1. The summed E-state index contributed by atoms with van der Waals surface area (Å²) in [7, 11) is 5.67. The quantitative estimate of drug-likeness (QED) is 0.828. The summed E-state index contributed by atoms with van der Waals surface area (Å²) in [6.07, 6.45) is 0.856. The van der Waals surface area contributed by atoms with Gasteiger partial charge in [-0.1, -0.05) is 11.8 Å². The molecule has 114 valence electrons. The Morgan fingerprint density at radius 2 is 2.00 bits per heavy atom. The zero-order valence-electron chi connectivity index (χ0n) is 12.8. The summed E-state index contributed by atoms with van der Waals surface area (Å²) < 4.78 is 13.4. The molecular weight excluding hydrogens is 269 g/mol. The van der Waals surface area contributed by atoms with Crippen molar-refractivity contribution in [1.82, 2.24) is 9.80 Å². The highest BCUT2D eigenvalue weighted by molar-refractivity contribution is 5.96. The van der Waals surface area contributed by atoms with Crippen LogP contribution in [0.4, 0.5) is 4.39 Å². The molecule has 0 fully saturated rings. The minimum absolute atomic E-state index is 0.198. The topological polar surface area (TPSA) is 49.6 Å². The van der Waals surface area contributed by atoms with E-state index in [-0.39, 0.29) is 18.0 Å². The van der Waals surface area contributed by atoms with Crippen LogP contribution < -0.4 is 5.73 Å². The zero-order valence-corrected chi connectivity index (χ0v) is 12.8. The molecule has 0 radical (unpaired) electrons. The lowest BCUT2D eigenvalue weighted by atomic mass is 10.1. The molecule has 0 aliphatic rings. The molecule has 0 bridgehead atoms. The molecule has 0 heterocycles. The third kappa shape index (κ3) is 5.54. The molecule has 0 atom stereocenters. The van der Waals surface area contributed by atoms with E-state index in [0.717, 1.165) is 13.0 Å². The standard InChI is InChI=1S/C16H22FN3O/c1-19(2)10-5-11-20(3)16(21)15-12-14(17)8-7-13(15)6-4-9-18/h7-8,12H,5,9-11,18H2,1-3H3. The summed E-state index contributed by atoms with van der Waals surface area (Å²) >= 11 is 0. The third-order valence-corrected chi connectivity index (χ3v) is 2.98. The number of hydrogen-bond acceptors (Lipinski definition) is 3. The molecular formula is C16H22FN3O. The van der Waals surface area contributed by atoms with E-state index in [2.05, 4.69) is 16.7 Å². The molecule has 0 aliphatic heterocycles. The van der Waals surface area contributed by atoms with E-state index < -0.39 is 5.82 Å². The second-order valence-electron chi connectivity index (χ2n) is 5.08. The van der Waals surface area contributed by atoms with Crippen LogP contribution in [0.5, 0.6) is 0 Å². The van der Waals surface area contributed by atoms with Gasteiger partial charge in [-0.05, 0) is 45.3 Å². The highest BCUT2D eigenvalue weighted by Gasteiger charge is 2.15. The van der Waals surface area contributed by atoms with E-state index in [4.69, 9.17) is 5.73 Å². The summed E-state index contributed by atoms with van der Waals surface area (Å²) in [6, 6.07) is 4.04. The van der Waals surface area contributed by atoms with Crippen LogP contribution in [0.15, 0.2) is 18.2 Å². The number of amides is 1. The van der Waals surface area contributed by atoms with E-state index in [1.165, 1.54) is 18.2 Å². The van der Waals surface area contributed by atoms with Gasteiger partial charge in [0.05, 0.1) is 12.1 Å². The van der Waals surface area contributed by atoms with Crippen molar-refractivity contribution in [2.24, 2.45) is 5.73 Å². The minimum Gasteiger partial charge on any atom is -0.342 e. The fourth-order valence-corrected chi connectivity index (χ4v) is 1.88. The average molecular weight is 291 g/mol. The Labute approximate surface area is 125 Å². The molecule has 1 amide bonds. The molecule has 0 aliphatic carbocycles. The Hall–Kier alpha value is -1.90. The van der Waals surface area contributed by atoms with Gasteiger partial charge in [0.1, 0.15) is 5.82 Å². The summed E-state index contributed by atoms with van der Waals surface area (Å²) in [4.78, 5) is 16.0. The van der Waals surface area contributed by atoms with E-state index in [1.807, 2.05) is 14.1 Å². The van der Waals surface area contributed by atoms with Crippen LogP contribution in [-0.4, -0.2) is 56.5 Å². The van der Waals surface area contributed by atoms with Crippen LogP contribution in [0.25, 0.3) is 0 Å². The number of benzene rings is 1. The van der Waals surface area contributed by atoms with E-state index in [9.17, 15) is 9.18 Å². The van der Waals surface area contributed by atoms with Crippen LogP contribution >= 0.6 is 0 Å². The lowest BCUT2D eigenvalue weighted by molar-refractivity contribution is 0.0790. The number of carbonyl (C=O) groups excluding carboxylic acids is 1. The molecule has 1 aromatic carbocycles. The van der Waals surface area contributed by atoms with Gasteiger partial charge < -0.3 is 15.5 Å². The fourth-order valence-electron chi connectivity index (χ4n) is 1.88. The van der Waals surface area contributed by atoms with Gasteiger partial charge in [-0.15, -0.1) is 0 Å². The molecule has 1 aromatic rings. The van der Waals surface area contributed by atoms with Crippen LogP contribution in [0.1, 0.15) is 22.3 Å². The first kappa shape index (κ1) is 17.2. The lowest BCUT2D eigenvalue weighted by Gasteiger charge is -2.19. The summed E-state index contributed by atoms with van der Waals surface area (Å²) in [6.45, 7) is 1.70. The normalized spacial score (nSPS) is 10.2. The number of nitrogens with zero attached hydrogens (tertiary/aromatic N) is 2. The first-order chi connectivity index (χ1) is 9.95. The van der Waals surface area contributed by atoms with Crippen molar-refractivity contribution in [2.75, 3.05) is 40.8 Å². The van der Waals surface area contributed by atoms with Gasteiger partial charge in [-0.3, -0.25) is 4.79 Å². The Bertz CT molecular complexity index is 546. The molecule has 0 saturated carbocycles. The largest absolute Gasteiger partial charge is 0.342 e. The van der Waals surface area contributed by atoms with Crippen molar-refractivity contribution >= 4 is 5.91 Å². The maximum Gasteiger partial charge on any atom is 0.254 e. The molecule has 0 unspecified atom stereocenters. The van der Waals surface area contributed by atoms with Gasteiger partial charge in [-0.25, -0.2) is 4.39 Å². The Morgan fingerprint density at radius 1 is 1.29 bits per heavy atom. The van der Waals surface area contributed by atoms with Crippen molar-refractivity contribution in [1.29, 1.82) is 0 Å². The second-order valence-corrected chi connectivity index (χ2v) is 5.08. The molecule has 0 saturated heterocycles. The number of halogens is 1. The van der Waals surface area contributed by atoms with Crippen LogP contribution in [0.2, 0.25) is 0 Å². The monoisotopic (exact) mass is 291 g/mol. The first-order valence-corrected chi connectivity index (χ1v) is 6.84. The maximum absolute atomic E-state index is 13.4. The van der Waals surface area contributed by atoms with Crippen molar-refractivity contribution in [3.05, 3.63) is 35.1 Å². The Balaban J connectivity index is 2.87. The summed E-state index contributed by atoms with van der Waals surface area (Å²) in [5.41, 5.74) is 6.13. The summed E-state index contributed by atoms with van der Waals surface area (Å²) in [5, 5.41) is 0. The average Bonchev–Trinajstić information content (AvgIpc) is 2.44. The first-order valence-electron chi connectivity index (χ1n) is 6.84. The maximum atomic E-state index is 13.4. The van der Waals surface area contributed by atoms with Crippen LogP contribution in [0, 0.1) is 17.7 Å². The van der Waals surface area contributed by atoms with Gasteiger partial charge in [0.15, 0.2) is 0 Å². The van der Waals surface area contributed by atoms with Gasteiger partial charge in [0, 0.05) is 19.2 Å². The second kappa shape index (κ2) is 8.40. The van der Waals surface area contributed by atoms with E-state index in [0.29, 0.717) is 12.1 Å². The van der Waals surface area contributed by atoms with Gasteiger partial charge in [0.2, 0.25) is 0 Å². The molecule has 5 heteroatoms. The number of rotatable bonds is 5. The summed E-state index contributed by atoms with van der Waals surface area (Å²) in [5.74, 6) is 4.83. The predicted molar refractivity (Wildman–Crippen MR) is 82.5 cm³/mol. The highest BCUT2D eigenvalue weighted by Crippen LogP contribution is 2.13. The third-order valence-electron chi connectivity index (χ3n) is 2.98.